The third-order valence-electron chi connectivity index (χ3n) is 4.00. The van der Waals surface area contributed by atoms with E-state index in [0.717, 1.165) is 15.8 Å². The lowest BCUT2D eigenvalue weighted by atomic mass is 10.2. The summed E-state index contributed by atoms with van der Waals surface area (Å²) in [6.45, 7) is 2.57. The molecule has 0 fully saturated rings. The predicted molar refractivity (Wildman–Crippen MR) is 105 cm³/mol. The number of carboxylic acids is 1. The maximum Gasteiger partial charge on any atom is 0.352 e. The first-order valence-corrected chi connectivity index (χ1v) is 9.70. The lowest BCUT2D eigenvalue weighted by molar-refractivity contribution is 0.0686. The van der Waals surface area contributed by atoms with Crippen LogP contribution in [0.5, 0.6) is 0 Å². The fourth-order valence-electron chi connectivity index (χ4n) is 2.88. The van der Waals surface area contributed by atoms with Gasteiger partial charge in [-0.1, -0.05) is 23.7 Å². The van der Waals surface area contributed by atoms with Gasteiger partial charge in [0, 0.05) is 31.6 Å². The Hall–Kier alpha value is -2.08. The van der Waals surface area contributed by atoms with Crippen LogP contribution in [0.2, 0.25) is 5.02 Å². The minimum absolute atomic E-state index is 0.301. The number of aromatic nitrogens is 1. The highest BCUT2D eigenvalue weighted by Gasteiger charge is 2.18. The molecule has 0 amide bonds. The van der Waals surface area contributed by atoms with Gasteiger partial charge in [0.05, 0.1) is 0 Å². The van der Waals surface area contributed by atoms with Crippen molar-refractivity contribution in [3.05, 3.63) is 69.7 Å². The van der Waals surface area contributed by atoms with Crippen molar-refractivity contribution in [2.75, 3.05) is 0 Å². The van der Waals surface area contributed by atoms with Gasteiger partial charge in [-0.3, -0.25) is 0 Å². The summed E-state index contributed by atoms with van der Waals surface area (Å²) in [5.74, 6) is -0.918. The molecule has 0 atom stereocenters. The largest absolute Gasteiger partial charge is 0.477 e. The Balaban J connectivity index is 1.83. The topological polar surface area (TPSA) is 42.2 Å². The van der Waals surface area contributed by atoms with Crippen LogP contribution in [0.3, 0.4) is 0 Å². The first kappa shape index (κ1) is 16.4. The Bertz CT molecular complexity index is 1090. The van der Waals surface area contributed by atoms with E-state index in [4.69, 9.17) is 11.6 Å². The van der Waals surface area contributed by atoms with Gasteiger partial charge in [0.25, 0.3) is 0 Å². The molecule has 6 heteroatoms. The Morgan fingerprint density at radius 3 is 2.64 bits per heavy atom. The predicted octanol–water partition coefficient (Wildman–Crippen LogP) is 6.14. The van der Waals surface area contributed by atoms with Gasteiger partial charge in [-0.25, -0.2) is 4.79 Å². The molecule has 0 radical (unpaired) electrons. The number of halogens is 1. The number of carbonyl (C=O) groups is 1. The number of aromatic carboxylic acids is 1. The summed E-state index contributed by atoms with van der Waals surface area (Å²) in [6, 6.07) is 15.6. The number of aryl methyl sites for hydroxylation is 1. The molecule has 1 N–H and O–H groups in total. The second kappa shape index (κ2) is 6.33. The Morgan fingerprint density at radius 1 is 1.12 bits per heavy atom. The van der Waals surface area contributed by atoms with E-state index in [9.17, 15) is 9.90 Å². The zero-order valence-electron chi connectivity index (χ0n) is 13.3. The van der Waals surface area contributed by atoms with Gasteiger partial charge in [0.15, 0.2) is 0 Å². The number of benzene rings is 1. The molecule has 0 aliphatic heterocycles. The van der Waals surface area contributed by atoms with E-state index in [0.29, 0.717) is 17.3 Å². The molecule has 3 heterocycles. The second-order valence-corrected chi connectivity index (χ2v) is 8.59. The van der Waals surface area contributed by atoms with E-state index >= 15 is 0 Å². The average Bonchev–Trinajstić information content (AvgIpc) is 3.23. The normalized spacial score (nSPS) is 11.3. The monoisotopic (exact) mass is 387 g/mol. The summed E-state index contributed by atoms with van der Waals surface area (Å²) in [6.07, 6.45) is 0. The molecule has 0 bridgehead atoms. The van der Waals surface area contributed by atoms with Gasteiger partial charge in [0.1, 0.15) is 10.5 Å². The first-order valence-electron chi connectivity index (χ1n) is 7.69. The van der Waals surface area contributed by atoms with Crippen molar-refractivity contribution >= 4 is 50.5 Å². The van der Waals surface area contributed by atoms with Crippen molar-refractivity contribution in [2.45, 2.75) is 13.5 Å². The van der Waals surface area contributed by atoms with Gasteiger partial charge in [-0.05, 0) is 48.9 Å². The van der Waals surface area contributed by atoms with Crippen molar-refractivity contribution in [1.82, 2.24) is 4.57 Å². The minimum Gasteiger partial charge on any atom is -0.477 e. The molecule has 0 saturated heterocycles. The van der Waals surface area contributed by atoms with E-state index in [1.54, 1.807) is 28.7 Å². The summed E-state index contributed by atoms with van der Waals surface area (Å²) in [7, 11) is 0. The molecule has 0 aliphatic carbocycles. The molecule has 0 unspecified atom stereocenters. The molecule has 126 valence electrons. The zero-order valence-corrected chi connectivity index (χ0v) is 15.7. The minimum atomic E-state index is -0.918. The Kier molecular flexibility index (Phi) is 4.15. The fourth-order valence-corrected chi connectivity index (χ4v) is 5.20. The van der Waals surface area contributed by atoms with Crippen LogP contribution < -0.4 is 0 Å². The fraction of sp³-hybridized carbons (Fsp3) is 0.105. The van der Waals surface area contributed by atoms with Gasteiger partial charge in [0.2, 0.25) is 0 Å². The molecule has 4 aromatic rings. The van der Waals surface area contributed by atoms with Gasteiger partial charge < -0.3 is 9.67 Å². The second-order valence-electron chi connectivity index (χ2n) is 5.83. The van der Waals surface area contributed by atoms with Crippen LogP contribution in [0, 0.1) is 6.92 Å². The summed E-state index contributed by atoms with van der Waals surface area (Å²) in [4.78, 5) is 16.3. The summed E-state index contributed by atoms with van der Waals surface area (Å²) in [5.41, 5.74) is 1.28. The molecule has 0 spiro atoms. The standard InChI is InChI=1S/C19H14ClNO2S2/c1-11-5-6-16(24-11)17-9-13-8-15(19(22)23)21(18(13)25-17)10-12-3-2-4-14(20)7-12/h2-9H,10H2,1H3,(H,22,23). The highest BCUT2D eigenvalue weighted by atomic mass is 35.5. The number of hydrogen-bond donors (Lipinski definition) is 1. The first-order chi connectivity index (χ1) is 12.0. The number of nitrogens with zero attached hydrogens (tertiary/aromatic N) is 1. The number of thiophene rings is 2. The van der Waals surface area contributed by atoms with Crippen molar-refractivity contribution < 1.29 is 9.90 Å². The van der Waals surface area contributed by atoms with E-state index in [-0.39, 0.29) is 0 Å². The van der Waals surface area contributed by atoms with E-state index in [1.165, 1.54) is 14.6 Å². The summed E-state index contributed by atoms with van der Waals surface area (Å²) >= 11 is 9.45. The van der Waals surface area contributed by atoms with Crippen molar-refractivity contribution in [2.24, 2.45) is 0 Å². The Labute approximate surface area is 157 Å². The summed E-state index contributed by atoms with van der Waals surface area (Å²) < 4.78 is 1.86. The number of fused-ring (bicyclic) bond motifs is 1. The van der Waals surface area contributed by atoms with Crippen LogP contribution in [0.1, 0.15) is 20.9 Å². The van der Waals surface area contributed by atoms with Crippen LogP contribution in [-0.4, -0.2) is 15.6 Å². The smallest absolute Gasteiger partial charge is 0.352 e. The van der Waals surface area contributed by atoms with Gasteiger partial charge >= 0.3 is 5.97 Å². The molecular formula is C19H14ClNO2S2. The molecule has 0 saturated carbocycles. The van der Waals surface area contributed by atoms with Crippen molar-refractivity contribution in [3.8, 4) is 9.75 Å². The van der Waals surface area contributed by atoms with Gasteiger partial charge in [-0.15, -0.1) is 22.7 Å². The number of rotatable bonds is 4. The van der Waals surface area contributed by atoms with Crippen LogP contribution in [0.25, 0.3) is 20.0 Å². The summed E-state index contributed by atoms with van der Waals surface area (Å²) in [5, 5.41) is 11.2. The number of carboxylic acid groups (broad SMARTS) is 1. The third kappa shape index (κ3) is 3.11. The van der Waals surface area contributed by atoms with E-state index in [2.05, 4.69) is 25.1 Å². The molecule has 1 aromatic carbocycles. The van der Waals surface area contributed by atoms with Crippen LogP contribution in [0.4, 0.5) is 0 Å². The lowest BCUT2D eigenvalue weighted by Gasteiger charge is -2.08. The molecule has 3 nitrogen and oxygen atoms in total. The molecule has 3 aromatic heterocycles. The van der Waals surface area contributed by atoms with Crippen molar-refractivity contribution in [3.63, 3.8) is 0 Å². The van der Waals surface area contributed by atoms with Crippen LogP contribution in [-0.2, 0) is 6.54 Å². The molecule has 25 heavy (non-hydrogen) atoms. The maximum atomic E-state index is 11.7. The zero-order chi connectivity index (χ0) is 17.6. The highest BCUT2D eigenvalue weighted by molar-refractivity contribution is 7.25. The van der Waals surface area contributed by atoms with Crippen molar-refractivity contribution in [1.29, 1.82) is 0 Å². The third-order valence-corrected chi connectivity index (χ3v) is 6.61. The van der Waals surface area contributed by atoms with E-state index in [1.807, 2.05) is 28.8 Å². The van der Waals surface area contributed by atoms with Crippen LogP contribution in [0.15, 0.2) is 48.5 Å². The SMILES string of the molecule is Cc1ccc(-c2cc3cc(C(=O)O)n(Cc4cccc(Cl)c4)c3s2)s1. The molecular weight excluding hydrogens is 374 g/mol. The molecule has 4 rings (SSSR count). The highest BCUT2D eigenvalue weighted by Crippen LogP contribution is 2.38. The lowest BCUT2D eigenvalue weighted by Crippen LogP contribution is -2.08. The quantitative estimate of drug-likeness (QED) is 0.457. The average molecular weight is 388 g/mol. The Morgan fingerprint density at radius 2 is 1.96 bits per heavy atom. The molecule has 0 aliphatic rings. The number of hydrogen-bond acceptors (Lipinski definition) is 3. The maximum absolute atomic E-state index is 11.7. The van der Waals surface area contributed by atoms with Crippen LogP contribution >= 0.6 is 34.3 Å². The van der Waals surface area contributed by atoms with Gasteiger partial charge in [-0.2, -0.15) is 0 Å². The van der Waals surface area contributed by atoms with E-state index < -0.39 is 5.97 Å².